The normalized spacial score (nSPS) is 11.2. The predicted octanol–water partition coefficient (Wildman–Crippen LogP) is 3.31. The van der Waals surface area contributed by atoms with E-state index >= 15 is 0 Å². The Hall–Kier alpha value is -2.15. The van der Waals surface area contributed by atoms with Gasteiger partial charge in [0, 0.05) is 11.8 Å². The van der Waals surface area contributed by atoms with Crippen LogP contribution in [0.4, 0.5) is 13.2 Å². The van der Waals surface area contributed by atoms with Gasteiger partial charge in [0.25, 0.3) is 0 Å². The number of benzene rings is 1. The molecule has 2 aromatic rings. The van der Waals surface area contributed by atoms with Crippen molar-refractivity contribution in [1.82, 2.24) is 4.98 Å². The van der Waals surface area contributed by atoms with Gasteiger partial charge in [0.05, 0.1) is 11.3 Å². The fraction of sp³-hybridized carbons (Fsp3) is 0.143. The second-order valence-corrected chi connectivity index (χ2v) is 4.62. The molecule has 1 aromatic carbocycles. The monoisotopic (exact) mass is 312 g/mol. The Bertz CT molecular complexity index is 644. The van der Waals surface area contributed by atoms with Gasteiger partial charge in [0.1, 0.15) is 17.3 Å². The van der Waals surface area contributed by atoms with Gasteiger partial charge >= 0.3 is 6.18 Å². The number of pyridine rings is 1. The highest BCUT2D eigenvalue weighted by molar-refractivity contribution is 7.80. The number of nitrogens with two attached hydrogens (primary N) is 1. The summed E-state index contributed by atoms with van der Waals surface area (Å²) in [5.74, 6) is -0.284. The van der Waals surface area contributed by atoms with E-state index in [0.29, 0.717) is 5.69 Å². The minimum atomic E-state index is -4.56. The third kappa shape index (κ3) is 3.91. The van der Waals surface area contributed by atoms with Gasteiger partial charge in [-0.25, -0.2) is 0 Å². The Morgan fingerprint density at radius 1 is 1.24 bits per heavy atom. The van der Waals surface area contributed by atoms with E-state index in [9.17, 15) is 13.2 Å². The highest BCUT2D eigenvalue weighted by Crippen LogP contribution is 2.37. The van der Waals surface area contributed by atoms with Crippen molar-refractivity contribution in [3.63, 3.8) is 0 Å². The number of alkyl halides is 3. The first-order chi connectivity index (χ1) is 9.88. The molecule has 2 rings (SSSR count). The molecule has 0 radical (unpaired) electrons. The standard InChI is InChI=1S/C14H11F3N2OS/c15-14(16,17)11-7-9(13(18)21)4-5-12(11)20-8-10-3-1-2-6-19-10/h1-7H,8H2,(H2,18,21). The van der Waals surface area contributed by atoms with Crippen LogP contribution in [-0.4, -0.2) is 9.97 Å². The Balaban J connectivity index is 2.28. The van der Waals surface area contributed by atoms with Gasteiger partial charge in [-0.3, -0.25) is 4.98 Å². The molecular formula is C14H11F3N2OS. The molecule has 0 saturated heterocycles. The molecule has 0 unspecified atom stereocenters. The smallest absolute Gasteiger partial charge is 0.419 e. The number of hydrogen-bond acceptors (Lipinski definition) is 3. The maximum Gasteiger partial charge on any atom is 0.419 e. The van der Waals surface area contributed by atoms with Crippen LogP contribution in [0, 0.1) is 0 Å². The third-order valence-corrected chi connectivity index (χ3v) is 2.91. The lowest BCUT2D eigenvalue weighted by Gasteiger charge is -2.15. The van der Waals surface area contributed by atoms with E-state index in [1.807, 2.05) is 0 Å². The minimum Gasteiger partial charge on any atom is -0.487 e. The van der Waals surface area contributed by atoms with Crippen LogP contribution >= 0.6 is 12.2 Å². The zero-order valence-corrected chi connectivity index (χ0v) is 11.5. The van der Waals surface area contributed by atoms with Crippen LogP contribution in [0.2, 0.25) is 0 Å². The van der Waals surface area contributed by atoms with Crippen molar-refractivity contribution in [2.45, 2.75) is 12.8 Å². The molecule has 0 atom stereocenters. The number of nitrogens with zero attached hydrogens (tertiary/aromatic N) is 1. The Labute approximate surface area is 124 Å². The van der Waals surface area contributed by atoms with Crippen LogP contribution in [0.1, 0.15) is 16.8 Å². The number of ether oxygens (including phenoxy) is 1. The van der Waals surface area contributed by atoms with E-state index in [1.54, 1.807) is 24.4 Å². The van der Waals surface area contributed by atoms with Crippen LogP contribution in [0.3, 0.4) is 0 Å². The molecule has 110 valence electrons. The predicted molar refractivity (Wildman–Crippen MR) is 75.9 cm³/mol. The van der Waals surface area contributed by atoms with Crippen LogP contribution in [0.25, 0.3) is 0 Å². The Morgan fingerprint density at radius 2 is 2.00 bits per heavy atom. The van der Waals surface area contributed by atoms with E-state index in [4.69, 9.17) is 10.5 Å². The molecule has 7 heteroatoms. The third-order valence-electron chi connectivity index (χ3n) is 2.67. The average molecular weight is 312 g/mol. The molecule has 1 heterocycles. The zero-order valence-electron chi connectivity index (χ0n) is 10.7. The van der Waals surface area contributed by atoms with Crippen LogP contribution < -0.4 is 10.5 Å². The second kappa shape index (κ2) is 6.09. The summed E-state index contributed by atoms with van der Waals surface area (Å²) in [5.41, 5.74) is 5.11. The van der Waals surface area contributed by atoms with Crippen molar-refractivity contribution in [1.29, 1.82) is 0 Å². The molecule has 0 amide bonds. The molecule has 21 heavy (non-hydrogen) atoms. The van der Waals surface area contributed by atoms with Gasteiger partial charge in [0.15, 0.2) is 0 Å². The number of hydrogen-bond donors (Lipinski definition) is 1. The maximum atomic E-state index is 13.0. The van der Waals surface area contributed by atoms with Crippen molar-refractivity contribution in [3.05, 3.63) is 59.4 Å². The summed E-state index contributed by atoms with van der Waals surface area (Å²) in [5, 5.41) is 0. The average Bonchev–Trinajstić information content (AvgIpc) is 2.45. The number of rotatable bonds is 4. The van der Waals surface area contributed by atoms with E-state index in [1.165, 1.54) is 12.1 Å². The number of thiocarbonyl (C=S) groups is 1. The van der Waals surface area contributed by atoms with Crippen LogP contribution in [-0.2, 0) is 12.8 Å². The fourth-order valence-electron chi connectivity index (χ4n) is 1.67. The van der Waals surface area contributed by atoms with E-state index in [2.05, 4.69) is 17.2 Å². The summed E-state index contributed by atoms with van der Waals surface area (Å²) in [7, 11) is 0. The summed E-state index contributed by atoms with van der Waals surface area (Å²) in [6.45, 7) is -0.0592. The first-order valence-corrected chi connectivity index (χ1v) is 6.32. The van der Waals surface area contributed by atoms with Gasteiger partial charge in [0.2, 0.25) is 0 Å². The van der Waals surface area contributed by atoms with Gasteiger partial charge in [-0.2, -0.15) is 13.2 Å². The van der Waals surface area contributed by atoms with Crippen LogP contribution in [0.15, 0.2) is 42.6 Å². The molecular weight excluding hydrogens is 301 g/mol. The molecule has 0 bridgehead atoms. The number of halogens is 3. The molecule has 0 aliphatic heterocycles. The van der Waals surface area contributed by atoms with Gasteiger partial charge < -0.3 is 10.5 Å². The fourth-order valence-corrected chi connectivity index (χ4v) is 1.79. The first-order valence-electron chi connectivity index (χ1n) is 5.91. The van der Waals surface area contributed by atoms with E-state index < -0.39 is 11.7 Å². The summed E-state index contributed by atoms with van der Waals surface area (Å²) in [6, 6.07) is 8.59. The molecule has 2 N–H and O–H groups in total. The first kappa shape index (κ1) is 15.2. The van der Waals surface area contributed by atoms with Crippen molar-refractivity contribution >= 4 is 17.2 Å². The van der Waals surface area contributed by atoms with E-state index in [0.717, 1.165) is 6.07 Å². The molecule has 0 fully saturated rings. The molecule has 3 nitrogen and oxygen atoms in total. The highest BCUT2D eigenvalue weighted by atomic mass is 32.1. The minimum absolute atomic E-state index is 0.0592. The molecule has 0 saturated carbocycles. The lowest BCUT2D eigenvalue weighted by Crippen LogP contribution is -2.14. The highest BCUT2D eigenvalue weighted by Gasteiger charge is 2.34. The van der Waals surface area contributed by atoms with Gasteiger partial charge in [-0.05, 0) is 30.3 Å². The topological polar surface area (TPSA) is 48.1 Å². The number of aromatic nitrogens is 1. The molecule has 1 aromatic heterocycles. The SMILES string of the molecule is NC(=S)c1ccc(OCc2ccccn2)c(C(F)(F)F)c1. The Morgan fingerprint density at radius 3 is 2.57 bits per heavy atom. The molecule has 0 aliphatic carbocycles. The van der Waals surface area contributed by atoms with Crippen LogP contribution in [0.5, 0.6) is 5.75 Å². The summed E-state index contributed by atoms with van der Waals surface area (Å²) >= 11 is 4.69. The Kier molecular flexibility index (Phi) is 4.42. The quantitative estimate of drug-likeness (QED) is 0.880. The lowest BCUT2D eigenvalue weighted by molar-refractivity contribution is -0.139. The van der Waals surface area contributed by atoms with Crippen molar-refractivity contribution in [2.75, 3.05) is 0 Å². The van der Waals surface area contributed by atoms with E-state index in [-0.39, 0.29) is 22.9 Å². The van der Waals surface area contributed by atoms with Gasteiger partial charge in [-0.1, -0.05) is 18.3 Å². The van der Waals surface area contributed by atoms with Gasteiger partial charge in [-0.15, -0.1) is 0 Å². The molecule has 0 aliphatic rings. The summed E-state index contributed by atoms with van der Waals surface area (Å²) in [4.78, 5) is 3.88. The largest absolute Gasteiger partial charge is 0.487 e. The summed E-state index contributed by atoms with van der Waals surface area (Å²) in [6.07, 6.45) is -3.01. The summed E-state index contributed by atoms with van der Waals surface area (Å²) < 4.78 is 44.3. The van der Waals surface area contributed by atoms with Crippen molar-refractivity contribution in [3.8, 4) is 5.75 Å². The van der Waals surface area contributed by atoms with Crippen molar-refractivity contribution in [2.24, 2.45) is 5.73 Å². The lowest BCUT2D eigenvalue weighted by atomic mass is 10.1. The maximum absolute atomic E-state index is 13.0. The second-order valence-electron chi connectivity index (χ2n) is 4.18. The zero-order chi connectivity index (χ0) is 15.5. The molecule has 0 spiro atoms. The van der Waals surface area contributed by atoms with Crippen molar-refractivity contribution < 1.29 is 17.9 Å².